The van der Waals surface area contributed by atoms with E-state index in [-0.39, 0.29) is 5.97 Å². The maximum absolute atomic E-state index is 12.2. The minimum Gasteiger partial charge on any atom is -0.497 e. The van der Waals surface area contributed by atoms with Gasteiger partial charge in [0.1, 0.15) is 11.5 Å². The molecule has 0 saturated heterocycles. The topological polar surface area (TPSA) is 74.2 Å². The second-order valence-electron chi connectivity index (χ2n) is 6.98. The van der Waals surface area contributed by atoms with Gasteiger partial charge in [0.15, 0.2) is 0 Å². The summed E-state index contributed by atoms with van der Waals surface area (Å²) in [6.07, 6.45) is 3.53. The molecule has 0 aromatic heterocycles. The molecule has 0 aliphatic heterocycles. The number of hydrogen-bond acceptors (Lipinski definition) is 6. The number of aliphatic imine (C=N–C) groups is 1. The smallest absolute Gasteiger partial charge is 0.343 e. The standard InChI is InChI=1S/C26H25NO5/c1-3-4-17-31-25(28)20-7-11-22(12-8-20)27-18-19-5-13-24(14-6-19)32-26(29)21-9-15-23(30-2)16-10-21/h5-16,18H,3-4,17H2,1-2H3. The number of rotatable bonds is 9. The number of hydrogen-bond donors (Lipinski definition) is 0. The second-order valence-corrected chi connectivity index (χ2v) is 6.98. The van der Waals surface area contributed by atoms with Crippen LogP contribution >= 0.6 is 0 Å². The minimum absolute atomic E-state index is 0.325. The Morgan fingerprint density at radius 1 is 0.812 bits per heavy atom. The first kappa shape index (κ1) is 22.7. The van der Waals surface area contributed by atoms with Crippen LogP contribution in [0.4, 0.5) is 5.69 Å². The molecule has 0 aliphatic carbocycles. The van der Waals surface area contributed by atoms with E-state index in [9.17, 15) is 9.59 Å². The Kier molecular flexibility index (Phi) is 8.15. The number of benzene rings is 3. The van der Waals surface area contributed by atoms with Gasteiger partial charge in [0.25, 0.3) is 0 Å². The molecule has 164 valence electrons. The number of unbranched alkanes of at least 4 members (excludes halogenated alkanes) is 1. The van der Waals surface area contributed by atoms with Crippen LogP contribution in [-0.2, 0) is 4.74 Å². The van der Waals surface area contributed by atoms with Gasteiger partial charge in [-0.3, -0.25) is 4.99 Å². The lowest BCUT2D eigenvalue weighted by atomic mass is 10.2. The molecule has 3 aromatic rings. The maximum Gasteiger partial charge on any atom is 0.343 e. The fourth-order valence-electron chi connectivity index (χ4n) is 2.74. The van der Waals surface area contributed by atoms with Crippen LogP contribution in [-0.4, -0.2) is 31.9 Å². The first-order valence-corrected chi connectivity index (χ1v) is 10.4. The summed E-state index contributed by atoms with van der Waals surface area (Å²) < 4.78 is 15.7. The summed E-state index contributed by atoms with van der Waals surface area (Å²) in [5, 5.41) is 0. The van der Waals surface area contributed by atoms with Crippen molar-refractivity contribution in [3.8, 4) is 11.5 Å². The monoisotopic (exact) mass is 431 g/mol. The van der Waals surface area contributed by atoms with E-state index in [0.717, 1.165) is 18.4 Å². The lowest BCUT2D eigenvalue weighted by molar-refractivity contribution is 0.0499. The lowest BCUT2D eigenvalue weighted by Gasteiger charge is -2.05. The van der Waals surface area contributed by atoms with Crippen LogP contribution in [0, 0.1) is 0 Å². The fourth-order valence-corrected chi connectivity index (χ4v) is 2.74. The molecule has 0 amide bonds. The third-order valence-corrected chi connectivity index (χ3v) is 4.61. The number of carbonyl (C=O) groups is 2. The third kappa shape index (κ3) is 6.54. The first-order valence-electron chi connectivity index (χ1n) is 10.4. The van der Waals surface area contributed by atoms with Crippen molar-refractivity contribution in [2.45, 2.75) is 19.8 Å². The Balaban J connectivity index is 1.55. The third-order valence-electron chi connectivity index (χ3n) is 4.61. The molecule has 0 N–H and O–H groups in total. The van der Waals surface area contributed by atoms with Gasteiger partial charge >= 0.3 is 11.9 Å². The van der Waals surface area contributed by atoms with Crippen molar-refractivity contribution in [3.05, 3.63) is 89.5 Å². The van der Waals surface area contributed by atoms with E-state index in [2.05, 4.69) is 4.99 Å². The number of carbonyl (C=O) groups excluding carboxylic acids is 2. The van der Waals surface area contributed by atoms with Gasteiger partial charge in [-0.25, -0.2) is 9.59 Å². The molecule has 0 bridgehead atoms. The number of esters is 2. The van der Waals surface area contributed by atoms with E-state index in [1.807, 2.05) is 6.92 Å². The molecule has 3 rings (SSSR count). The minimum atomic E-state index is -0.442. The van der Waals surface area contributed by atoms with E-state index in [0.29, 0.717) is 34.9 Å². The van der Waals surface area contributed by atoms with Crippen LogP contribution in [0.3, 0.4) is 0 Å². The summed E-state index contributed by atoms with van der Waals surface area (Å²) in [7, 11) is 1.57. The van der Waals surface area contributed by atoms with Crippen LogP contribution in [0.25, 0.3) is 0 Å². The molecule has 0 atom stereocenters. The lowest BCUT2D eigenvalue weighted by Crippen LogP contribution is -2.08. The van der Waals surface area contributed by atoms with Gasteiger partial charge in [0.05, 0.1) is 30.5 Å². The van der Waals surface area contributed by atoms with Crippen molar-refractivity contribution in [1.82, 2.24) is 0 Å². The summed E-state index contributed by atoms with van der Waals surface area (Å²) in [4.78, 5) is 28.6. The Morgan fingerprint density at radius 2 is 1.41 bits per heavy atom. The van der Waals surface area contributed by atoms with Crippen molar-refractivity contribution < 1.29 is 23.8 Å². The highest BCUT2D eigenvalue weighted by atomic mass is 16.5. The Bertz CT molecular complexity index is 1050. The Hall–Kier alpha value is -3.93. The van der Waals surface area contributed by atoms with Gasteiger partial charge in [-0.1, -0.05) is 13.3 Å². The summed E-state index contributed by atoms with van der Waals surface area (Å²) in [5.74, 6) is 0.344. The van der Waals surface area contributed by atoms with Crippen molar-refractivity contribution in [2.75, 3.05) is 13.7 Å². The highest BCUT2D eigenvalue weighted by molar-refractivity contribution is 5.91. The van der Waals surface area contributed by atoms with E-state index >= 15 is 0 Å². The molecular formula is C26H25NO5. The average molecular weight is 431 g/mol. The molecule has 6 nitrogen and oxygen atoms in total. The molecule has 3 aromatic carbocycles. The molecule has 0 heterocycles. The van der Waals surface area contributed by atoms with Gasteiger partial charge in [-0.15, -0.1) is 0 Å². The average Bonchev–Trinajstić information content (AvgIpc) is 2.84. The van der Waals surface area contributed by atoms with Crippen LogP contribution in [0.5, 0.6) is 11.5 Å². The SMILES string of the molecule is CCCCOC(=O)c1ccc(N=Cc2ccc(OC(=O)c3ccc(OC)cc3)cc2)cc1. The zero-order valence-corrected chi connectivity index (χ0v) is 18.1. The predicted molar refractivity (Wildman–Crippen MR) is 123 cm³/mol. The van der Waals surface area contributed by atoms with Crippen LogP contribution < -0.4 is 9.47 Å². The van der Waals surface area contributed by atoms with Crippen LogP contribution in [0.1, 0.15) is 46.0 Å². The van der Waals surface area contributed by atoms with Crippen molar-refractivity contribution in [2.24, 2.45) is 4.99 Å². The van der Waals surface area contributed by atoms with E-state index in [1.54, 1.807) is 86.1 Å². The Morgan fingerprint density at radius 3 is 2.03 bits per heavy atom. The van der Waals surface area contributed by atoms with Crippen molar-refractivity contribution >= 4 is 23.8 Å². The van der Waals surface area contributed by atoms with Gasteiger partial charge in [-0.05, 0) is 84.8 Å². The van der Waals surface area contributed by atoms with Gasteiger partial charge in [-0.2, -0.15) is 0 Å². The molecule has 0 unspecified atom stereocenters. The van der Waals surface area contributed by atoms with E-state index < -0.39 is 5.97 Å². The summed E-state index contributed by atoms with van der Waals surface area (Å²) in [6.45, 7) is 2.48. The number of methoxy groups -OCH3 is 1. The van der Waals surface area contributed by atoms with Gasteiger partial charge in [0, 0.05) is 6.21 Å². The first-order chi connectivity index (χ1) is 15.6. The molecule has 6 heteroatoms. The summed E-state index contributed by atoms with van der Waals surface area (Å²) >= 11 is 0. The summed E-state index contributed by atoms with van der Waals surface area (Å²) in [6, 6.07) is 20.7. The fraction of sp³-hybridized carbons (Fsp3) is 0.192. The van der Waals surface area contributed by atoms with Gasteiger partial charge in [0.2, 0.25) is 0 Å². The largest absolute Gasteiger partial charge is 0.497 e. The maximum atomic E-state index is 12.2. The molecule has 0 fully saturated rings. The quantitative estimate of drug-likeness (QED) is 0.190. The highest BCUT2D eigenvalue weighted by Crippen LogP contribution is 2.18. The van der Waals surface area contributed by atoms with E-state index in [1.165, 1.54) is 0 Å². The molecular weight excluding hydrogens is 406 g/mol. The molecule has 0 radical (unpaired) electrons. The van der Waals surface area contributed by atoms with Crippen LogP contribution in [0.2, 0.25) is 0 Å². The molecule has 0 spiro atoms. The predicted octanol–water partition coefficient (Wildman–Crippen LogP) is 5.62. The molecule has 32 heavy (non-hydrogen) atoms. The van der Waals surface area contributed by atoms with Crippen molar-refractivity contribution in [1.29, 1.82) is 0 Å². The van der Waals surface area contributed by atoms with E-state index in [4.69, 9.17) is 14.2 Å². The molecule has 0 aliphatic rings. The summed E-state index contributed by atoms with van der Waals surface area (Å²) in [5.41, 5.74) is 2.50. The number of ether oxygens (including phenoxy) is 3. The second kappa shape index (κ2) is 11.5. The van der Waals surface area contributed by atoms with Crippen molar-refractivity contribution in [3.63, 3.8) is 0 Å². The normalized spacial score (nSPS) is 10.7. The highest BCUT2D eigenvalue weighted by Gasteiger charge is 2.09. The molecule has 0 saturated carbocycles. The number of nitrogens with zero attached hydrogens (tertiary/aromatic N) is 1. The zero-order valence-electron chi connectivity index (χ0n) is 18.1. The Labute approximate surface area is 187 Å². The van der Waals surface area contributed by atoms with Gasteiger partial charge < -0.3 is 14.2 Å². The zero-order chi connectivity index (χ0) is 22.8. The van der Waals surface area contributed by atoms with Crippen LogP contribution in [0.15, 0.2) is 77.8 Å².